The first-order valence-electron chi connectivity index (χ1n) is 7.36. The molecule has 3 N–H and O–H groups in total. The number of aliphatic hydroxyl groups is 1. The minimum Gasteiger partial charge on any atom is -0.480 e. The Kier molecular flexibility index (Phi) is 5.14. The van der Waals surface area contributed by atoms with Crippen LogP contribution in [0.15, 0.2) is 23.2 Å². The maximum Gasteiger partial charge on any atom is 0.329 e. The summed E-state index contributed by atoms with van der Waals surface area (Å²) in [4.78, 5) is 19.8. The number of thioether (sulfide) groups is 1. The fourth-order valence-corrected chi connectivity index (χ4v) is 4.31. The molecule has 23 heavy (non-hydrogen) atoms. The second kappa shape index (κ2) is 7.29. The SMILES string of the molecule is O=C(O)[C@H]1CSC(c2nc3ccc(NCCCCO)cc3s2)=N1. The van der Waals surface area contributed by atoms with Gasteiger partial charge in [0.1, 0.15) is 10.1 Å². The van der Waals surface area contributed by atoms with E-state index in [1.165, 1.54) is 23.1 Å². The fraction of sp³-hybridized carbons (Fsp3) is 0.400. The van der Waals surface area contributed by atoms with E-state index in [9.17, 15) is 4.79 Å². The average Bonchev–Trinajstić information content (AvgIpc) is 3.17. The number of unbranched alkanes of at least 4 members (excludes halogenated alkanes) is 1. The molecule has 1 atom stereocenters. The Morgan fingerprint density at radius 2 is 2.26 bits per heavy atom. The highest BCUT2D eigenvalue weighted by molar-refractivity contribution is 8.15. The second-order valence-corrected chi connectivity index (χ2v) is 7.20. The number of hydrogen-bond acceptors (Lipinski definition) is 7. The van der Waals surface area contributed by atoms with Gasteiger partial charge in [-0.15, -0.1) is 23.1 Å². The predicted octanol–water partition coefficient (Wildman–Crippen LogP) is 2.43. The van der Waals surface area contributed by atoms with Gasteiger partial charge in [0.15, 0.2) is 6.04 Å². The van der Waals surface area contributed by atoms with E-state index in [1.54, 1.807) is 0 Å². The number of aliphatic imine (C=N–C) groups is 1. The molecule has 1 aliphatic heterocycles. The van der Waals surface area contributed by atoms with Crippen molar-refractivity contribution in [3.05, 3.63) is 23.2 Å². The van der Waals surface area contributed by atoms with Gasteiger partial charge in [-0.2, -0.15) is 0 Å². The Morgan fingerprint density at radius 3 is 3.00 bits per heavy atom. The molecule has 0 saturated heterocycles. The number of nitrogens with zero attached hydrogens (tertiary/aromatic N) is 2. The van der Waals surface area contributed by atoms with Crippen LogP contribution < -0.4 is 5.32 Å². The number of nitrogens with one attached hydrogen (secondary N) is 1. The Morgan fingerprint density at radius 1 is 1.39 bits per heavy atom. The summed E-state index contributed by atoms with van der Waals surface area (Å²) in [6.45, 7) is 1.04. The van der Waals surface area contributed by atoms with Crippen molar-refractivity contribution in [3.8, 4) is 0 Å². The molecular formula is C15H17N3O3S2. The summed E-state index contributed by atoms with van der Waals surface area (Å²) in [6, 6.07) is 5.32. The van der Waals surface area contributed by atoms with Gasteiger partial charge < -0.3 is 15.5 Å². The summed E-state index contributed by atoms with van der Waals surface area (Å²) in [5, 5.41) is 22.6. The van der Waals surface area contributed by atoms with E-state index in [4.69, 9.17) is 10.2 Å². The van der Waals surface area contributed by atoms with Crippen molar-refractivity contribution in [1.29, 1.82) is 0 Å². The number of benzene rings is 1. The van der Waals surface area contributed by atoms with Crippen LogP contribution in [0.2, 0.25) is 0 Å². The molecule has 1 aliphatic rings. The smallest absolute Gasteiger partial charge is 0.329 e. The molecule has 0 amide bonds. The Hall–Kier alpha value is -1.64. The molecule has 2 aromatic rings. The van der Waals surface area contributed by atoms with E-state index < -0.39 is 12.0 Å². The molecule has 1 aromatic carbocycles. The lowest BCUT2D eigenvalue weighted by Crippen LogP contribution is -2.17. The molecule has 0 saturated carbocycles. The van der Waals surface area contributed by atoms with Gasteiger partial charge in [0.25, 0.3) is 0 Å². The summed E-state index contributed by atoms with van der Waals surface area (Å²) in [7, 11) is 0. The standard InChI is InChI=1S/C15H17N3O3S2/c19-6-2-1-5-16-9-3-4-10-12(7-9)23-14(17-10)13-18-11(8-22-13)15(20)21/h3-4,7,11,16,19H,1-2,5-6,8H2,(H,20,21)/t11-/m1/s1. The Balaban J connectivity index is 1.74. The zero-order valence-corrected chi connectivity index (χ0v) is 14.0. The summed E-state index contributed by atoms with van der Waals surface area (Å²) in [5.74, 6) is -0.416. The maximum absolute atomic E-state index is 11.0. The van der Waals surface area contributed by atoms with Gasteiger partial charge in [-0.05, 0) is 31.0 Å². The van der Waals surface area contributed by atoms with Crippen LogP contribution in [0.4, 0.5) is 5.69 Å². The molecule has 0 radical (unpaired) electrons. The summed E-state index contributed by atoms with van der Waals surface area (Å²) in [5.41, 5.74) is 1.92. The first-order chi connectivity index (χ1) is 11.2. The molecule has 0 fully saturated rings. The minimum absolute atomic E-state index is 0.218. The largest absolute Gasteiger partial charge is 0.480 e. The molecule has 0 spiro atoms. The molecule has 0 bridgehead atoms. The number of carboxylic acid groups (broad SMARTS) is 1. The van der Waals surface area contributed by atoms with Gasteiger partial charge in [-0.3, -0.25) is 4.99 Å². The normalized spacial score (nSPS) is 17.4. The summed E-state index contributed by atoms with van der Waals surface area (Å²) >= 11 is 2.98. The summed E-state index contributed by atoms with van der Waals surface area (Å²) < 4.78 is 1.05. The highest BCUT2D eigenvalue weighted by Gasteiger charge is 2.26. The molecule has 8 heteroatoms. The lowest BCUT2D eigenvalue weighted by atomic mass is 10.2. The predicted molar refractivity (Wildman–Crippen MR) is 94.8 cm³/mol. The van der Waals surface area contributed by atoms with Crippen LogP contribution in [-0.2, 0) is 4.79 Å². The first kappa shape index (κ1) is 16.2. The highest BCUT2D eigenvalue weighted by Crippen LogP contribution is 2.31. The number of aliphatic hydroxyl groups excluding tert-OH is 1. The van der Waals surface area contributed by atoms with Crippen LogP contribution in [0.5, 0.6) is 0 Å². The fourth-order valence-electron chi connectivity index (χ4n) is 2.21. The third-order valence-corrected chi connectivity index (χ3v) is 5.63. The van der Waals surface area contributed by atoms with Crippen molar-refractivity contribution in [3.63, 3.8) is 0 Å². The number of carboxylic acids is 1. The van der Waals surface area contributed by atoms with Gasteiger partial charge in [0.05, 0.1) is 10.2 Å². The third-order valence-electron chi connectivity index (χ3n) is 3.42. The Labute approximate surface area is 141 Å². The first-order valence-corrected chi connectivity index (χ1v) is 9.16. The van der Waals surface area contributed by atoms with Crippen LogP contribution in [0.25, 0.3) is 10.2 Å². The Bertz CT molecular complexity index is 745. The van der Waals surface area contributed by atoms with Crippen molar-refractivity contribution in [1.82, 2.24) is 4.98 Å². The lowest BCUT2D eigenvalue weighted by Gasteiger charge is -2.04. The zero-order chi connectivity index (χ0) is 16.2. The molecule has 1 aromatic heterocycles. The van der Waals surface area contributed by atoms with Gasteiger partial charge >= 0.3 is 5.97 Å². The maximum atomic E-state index is 11.0. The number of fused-ring (bicyclic) bond motifs is 1. The molecule has 0 unspecified atom stereocenters. The van der Waals surface area contributed by atoms with Gasteiger partial charge in [-0.25, -0.2) is 9.78 Å². The van der Waals surface area contributed by atoms with E-state index in [0.29, 0.717) is 5.75 Å². The van der Waals surface area contributed by atoms with Crippen molar-refractivity contribution < 1.29 is 15.0 Å². The lowest BCUT2D eigenvalue weighted by molar-refractivity contribution is -0.137. The molecule has 2 heterocycles. The van der Waals surface area contributed by atoms with Crippen LogP contribution in [0, 0.1) is 0 Å². The van der Waals surface area contributed by atoms with Crippen molar-refractivity contribution >= 4 is 50.0 Å². The molecular weight excluding hydrogens is 334 g/mol. The highest BCUT2D eigenvalue weighted by atomic mass is 32.2. The van der Waals surface area contributed by atoms with Gasteiger partial charge in [0.2, 0.25) is 0 Å². The number of rotatable bonds is 7. The van der Waals surface area contributed by atoms with Gasteiger partial charge in [-0.1, -0.05) is 0 Å². The van der Waals surface area contributed by atoms with Crippen LogP contribution in [0.3, 0.4) is 0 Å². The number of anilines is 1. The average molecular weight is 351 g/mol. The van der Waals surface area contributed by atoms with E-state index in [0.717, 1.165) is 45.3 Å². The van der Waals surface area contributed by atoms with Crippen molar-refractivity contribution in [2.24, 2.45) is 4.99 Å². The quantitative estimate of drug-likeness (QED) is 0.663. The monoisotopic (exact) mass is 351 g/mol. The van der Waals surface area contributed by atoms with E-state index >= 15 is 0 Å². The summed E-state index contributed by atoms with van der Waals surface area (Å²) in [6.07, 6.45) is 1.72. The molecule has 122 valence electrons. The molecule has 6 nitrogen and oxygen atoms in total. The number of hydrogen-bond donors (Lipinski definition) is 3. The van der Waals surface area contributed by atoms with Crippen LogP contribution in [0.1, 0.15) is 17.8 Å². The molecule has 3 rings (SSSR count). The minimum atomic E-state index is -0.886. The van der Waals surface area contributed by atoms with Crippen LogP contribution in [-0.4, -0.2) is 51.2 Å². The number of carbonyl (C=O) groups is 1. The van der Waals surface area contributed by atoms with Crippen molar-refractivity contribution in [2.45, 2.75) is 18.9 Å². The topological polar surface area (TPSA) is 94.8 Å². The van der Waals surface area contributed by atoms with E-state index in [1.807, 2.05) is 18.2 Å². The van der Waals surface area contributed by atoms with Crippen LogP contribution >= 0.6 is 23.1 Å². The number of aliphatic carboxylic acids is 1. The van der Waals surface area contributed by atoms with E-state index in [2.05, 4.69) is 15.3 Å². The number of thiazole rings is 1. The second-order valence-electron chi connectivity index (χ2n) is 5.16. The number of aromatic nitrogens is 1. The van der Waals surface area contributed by atoms with Crippen molar-refractivity contribution in [2.75, 3.05) is 24.2 Å². The zero-order valence-electron chi connectivity index (χ0n) is 12.4. The van der Waals surface area contributed by atoms with Gasteiger partial charge in [0, 0.05) is 24.6 Å². The van der Waals surface area contributed by atoms with E-state index in [-0.39, 0.29) is 6.61 Å². The molecule has 0 aliphatic carbocycles. The third kappa shape index (κ3) is 3.82.